The predicted molar refractivity (Wildman–Crippen MR) is 82.6 cm³/mol. The van der Waals surface area contributed by atoms with E-state index in [1.165, 1.54) is 18.2 Å². The molecule has 2 fully saturated rings. The van der Waals surface area contributed by atoms with Gasteiger partial charge in [-0.2, -0.15) is 0 Å². The molecule has 2 saturated heterocycles. The molecule has 0 aliphatic carbocycles. The number of non-ortho nitro benzene ring substituents is 1. The van der Waals surface area contributed by atoms with E-state index in [9.17, 15) is 19.7 Å². The number of nitro benzene ring substituents is 1. The van der Waals surface area contributed by atoms with Crippen LogP contribution in [0.3, 0.4) is 0 Å². The number of nitrogens with one attached hydrogen (secondary N) is 1. The molecule has 1 aromatic carbocycles. The maximum atomic E-state index is 12.6. The number of nitro groups is 1. The van der Waals surface area contributed by atoms with E-state index in [0.29, 0.717) is 38.0 Å². The number of rotatable bonds is 2. The van der Waals surface area contributed by atoms with E-state index in [4.69, 9.17) is 0 Å². The van der Waals surface area contributed by atoms with Gasteiger partial charge in [-0.25, -0.2) is 0 Å². The Morgan fingerprint density at radius 1 is 1.39 bits per heavy atom. The van der Waals surface area contributed by atoms with E-state index in [1.54, 1.807) is 11.0 Å². The van der Waals surface area contributed by atoms with Crippen molar-refractivity contribution >= 4 is 17.5 Å². The van der Waals surface area contributed by atoms with Gasteiger partial charge in [0.25, 0.3) is 11.6 Å². The van der Waals surface area contributed by atoms with Gasteiger partial charge in [0.2, 0.25) is 5.91 Å². The van der Waals surface area contributed by atoms with Gasteiger partial charge in [-0.05, 0) is 25.3 Å². The second-order valence-corrected chi connectivity index (χ2v) is 6.12. The molecule has 0 saturated carbocycles. The summed E-state index contributed by atoms with van der Waals surface area (Å²) in [6.45, 7) is 4.59. The predicted octanol–water partition coefficient (Wildman–Crippen LogP) is 1.85. The van der Waals surface area contributed by atoms with E-state index in [0.717, 1.165) is 0 Å². The van der Waals surface area contributed by atoms with Crippen molar-refractivity contribution in [1.82, 2.24) is 10.2 Å². The molecule has 3 rings (SSSR count). The van der Waals surface area contributed by atoms with Crippen LogP contribution in [-0.2, 0) is 4.79 Å². The molecule has 0 radical (unpaired) electrons. The molecule has 23 heavy (non-hydrogen) atoms. The molecule has 2 heterocycles. The fourth-order valence-corrected chi connectivity index (χ4v) is 3.23. The lowest BCUT2D eigenvalue weighted by atomic mass is 9.78. The Labute approximate surface area is 133 Å². The molecule has 7 nitrogen and oxygen atoms in total. The fourth-order valence-electron chi connectivity index (χ4n) is 3.23. The van der Waals surface area contributed by atoms with Crippen LogP contribution in [0.5, 0.6) is 0 Å². The van der Waals surface area contributed by atoms with Crippen LogP contribution in [-0.4, -0.2) is 34.7 Å². The summed E-state index contributed by atoms with van der Waals surface area (Å²) in [5.41, 5.74) is 0.315. The summed E-state index contributed by atoms with van der Waals surface area (Å²) in [5.74, 6) is -0.356. The van der Waals surface area contributed by atoms with Crippen LogP contribution < -0.4 is 5.32 Å². The highest BCUT2D eigenvalue weighted by molar-refractivity contribution is 5.96. The van der Waals surface area contributed by atoms with Crippen molar-refractivity contribution in [3.05, 3.63) is 52.2 Å². The van der Waals surface area contributed by atoms with E-state index >= 15 is 0 Å². The third kappa shape index (κ3) is 2.69. The summed E-state index contributed by atoms with van der Waals surface area (Å²) < 4.78 is 0. The largest absolute Gasteiger partial charge is 0.338 e. The average Bonchev–Trinajstić information content (AvgIpc) is 2.96. The number of carbonyl (C=O) groups is 2. The summed E-state index contributed by atoms with van der Waals surface area (Å²) in [5, 5.41) is 13.6. The monoisotopic (exact) mass is 315 g/mol. The Kier molecular flexibility index (Phi) is 3.63. The number of piperidine rings is 1. The Bertz CT molecular complexity index is 715. The summed E-state index contributed by atoms with van der Waals surface area (Å²) in [6, 6.07) is 5.68. The van der Waals surface area contributed by atoms with Gasteiger partial charge in [-0.15, -0.1) is 0 Å². The van der Waals surface area contributed by atoms with Crippen LogP contribution in [0.2, 0.25) is 0 Å². The van der Waals surface area contributed by atoms with Crippen LogP contribution in [0.15, 0.2) is 36.5 Å². The maximum absolute atomic E-state index is 12.6. The Balaban J connectivity index is 1.77. The molecule has 2 aliphatic heterocycles. The normalized spacial score (nSPS) is 23.9. The SMILES string of the molecule is C=C1CCC2(CCN(C(=O)c3cccc([N+](=O)[O-])c3)C2)C(=O)N1. The van der Waals surface area contributed by atoms with Gasteiger partial charge in [0.1, 0.15) is 0 Å². The minimum absolute atomic E-state index is 0.0805. The molecule has 120 valence electrons. The van der Waals surface area contributed by atoms with Crippen LogP contribution >= 0.6 is 0 Å². The summed E-state index contributed by atoms with van der Waals surface area (Å²) in [7, 11) is 0. The zero-order valence-corrected chi connectivity index (χ0v) is 12.6. The van der Waals surface area contributed by atoms with Crippen molar-refractivity contribution < 1.29 is 14.5 Å². The Morgan fingerprint density at radius 3 is 2.87 bits per heavy atom. The molecule has 1 unspecified atom stereocenters. The minimum Gasteiger partial charge on any atom is -0.338 e. The van der Waals surface area contributed by atoms with E-state index < -0.39 is 10.3 Å². The molecule has 2 aliphatic rings. The van der Waals surface area contributed by atoms with E-state index in [1.807, 2.05) is 0 Å². The number of amides is 2. The van der Waals surface area contributed by atoms with Crippen molar-refractivity contribution in [3.8, 4) is 0 Å². The first-order valence-corrected chi connectivity index (χ1v) is 7.44. The van der Waals surface area contributed by atoms with Gasteiger partial charge in [0, 0.05) is 36.5 Å². The number of allylic oxidation sites excluding steroid dienone is 1. The molecule has 1 spiro atoms. The number of hydrogen-bond acceptors (Lipinski definition) is 4. The molecule has 7 heteroatoms. The Hall–Kier alpha value is -2.70. The Morgan fingerprint density at radius 2 is 2.17 bits per heavy atom. The zero-order valence-electron chi connectivity index (χ0n) is 12.6. The first-order chi connectivity index (χ1) is 10.9. The highest BCUT2D eigenvalue weighted by atomic mass is 16.6. The first-order valence-electron chi connectivity index (χ1n) is 7.44. The molecule has 0 aromatic heterocycles. The van der Waals surface area contributed by atoms with Crippen LogP contribution in [0.4, 0.5) is 5.69 Å². The fraction of sp³-hybridized carbons (Fsp3) is 0.375. The summed E-state index contributed by atoms with van der Waals surface area (Å²) >= 11 is 0. The highest BCUT2D eigenvalue weighted by Gasteiger charge is 2.47. The first kappa shape index (κ1) is 15.2. The lowest BCUT2D eigenvalue weighted by molar-refractivity contribution is -0.384. The maximum Gasteiger partial charge on any atom is 0.270 e. The van der Waals surface area contributed by atoms with Crippen LogP contribution in [0.1, 0.15) is 29.6 Å². The molecular weight excluding hydrogens is 298 g/mol. The van der Waals surface area contributed by atoms with Gasteiger partial charge in [-0.1, -0.05) is 12.6 Å². The average molecular weight is 315 g/mol. The van der Waals surface area contributed by atoms with Crippen molar-refractivity contribution in [2.45, 2.75) is 19.3 Å². The summed E-state index contributed by atoms with van der Waals surface area (Å²) in [4.78, 5) is 36.8. The topological polar surface area (TPSA) is 92.6 Å². The highest BCUT2D eigenvalue weighted by Crippen LogP contribution is 2.39. The van der Waals surface area contributed by atoms with Crippen molar-refractivity contribution in [3.63, 3.8) is 0 Å². The lowest BCUT2D eigenvalue weighted by Gasteiger charge is -2.33. The molecule has 2 amide bonds. The quantitative estimate of drug-likeness (QED) is 0.666. The van der Waals surface area contributed by atoms with Gasteiger partial charge >= 0.3 is 0 Å². The van der Waals surface area contributed by atoms with Crippen LogP contribution in [0, 0.1) is 15.5 Å². The van der Waals surface area contributed by atoms with Crippen molar-refractivity contribution in [2.24, 2.45) is 5.41 Å². The molecular formula is C16H17N3O4. The zero-order chi connectivity index (χ0) is 16.6. The third-order valence-electron chi connectivity index (χ3n) is 4.62. The van der Waals surface area contributed by atoms with Gasteiger partial charge in [0.15, 0.2) is 0 Å². The lowest BCUT2D eigenvalue weighted by Crippen LogP contribution is -2.46. The molecule has 1 atom stereocenters. The van der Waals surface area contributed by atoms with Crippen LogP contribution in [0.25, 0.3) is 0 Å². The number of carbonyl (C=O) groups excluding carboxylic acids is 2. The van der Waals surface area contributed by atoms with Gasteiger partial charge in [0.05, 0.1) is 10.3 Å². The second-order valence-electron chi connectivity index (χ2n) is 6.12. The van der Waals surface area contributed by atoms with E-state index in [2.05, 4.69) is 11.9 Å². The summed E-state index contributed by atoms with van der Waals surface area (Å²) in [6.07, 6.45) is 1.99. The van der Waals surface area contributed by atoms with Gasteiger partial charge in [-0.3, -0.25) is 19.7 Å². The van der Waals surface area contributed by atoms with Crippen molar-refractivity contribution in [1.29, 1.82) is 0 Å². The molecule has 0 bridgehead atoms. The number of nitrogens with zero attached hydrogens (tertiary/aromatic N) is 2. The number of benzene rings is 1. The van der Waals surface area contributed by atoms with Gasteiger partial charge < -0.3 is 10.2 Å². The standard InChI is InChI=1S/C16H17N3O4/c1-11-5-6-16(15(21)17-11)7-8-18(10-16)14(20)12-3-2-4-13(9-12)19(22)23/h2-4,9H,1,5-8,10H2,(H,17,21). The number of hydrogen-bond donors (Lipinski definition) is 1. The van der Waals surface area contributed by atoms with Crippen molar-refractivity contribution in [2.75, 3.05) is 13.1 Å². The molecule has 1 aromatic rings. The van der Waals surface area contributed by atoms with E-state index in [-0.39, 0.29) is 23.1 Å². The minimum atomic E-state index is -0.558. The molecule has 1 N–H and O–H groups in total. The third-order valence-corrected chi connectivity index (χ3v) is 4.62. The number of likely N-dealkylation sites (tertiary alicyclic amines) is 1. The smallest absolute Gasteiger partial charge is 0.270 e. The second kappa shape index (κ2) is 5.49.